The fourth-order valence-corrected chi connectivity index (χ4v) is 4.26. The number of benzene rings is 3. The largest absolute Gasteiger partial charge is 0.486 e. The number of methoxy groups -OCH3 is 1. The number of hydrogen-bond donors (Lipinski definition) is 3. The maximum Gasteiger partial charge on any atom is 0.337 e. The number of hydrogen-bond acceptors (Lipinski definition) is 7. The Hall–Kier alpha value is -4.30. The molecule has 36 heavy (non-hydrogen) atoms. The first-order valence-corrected chi connectivity index (χ1v) is 11.8. The van der Waals surface area contributed by atoms with Crippen LogP contribution in [0.5, 0.6) is 11.5 Å². The second-order valence-electron chi connectivity index (χ2n) is 8.42. The van der Waals surface area contributed by atoms with Crippen molar-refractivity contribution in [2.75, 3.05) is 37.5 Å². The van der Waals surface area contributed by atoms with E-state index in [2.05, 4.69) is 22.9 Å². The van der Waals surface area contributed by atoms with Gasteiger partial charge >= 0.3 is 5.97 Å². The minimum absolute atomic E-state index is 0.270. The Morgan fingerprint density at radius 3 is 2.47 bits per heavy atom. The number of carbonyl (C=O) groups excluding carboxylic acids is 2. The number of anilines is 2. The van der Waals surface area contributed by atoms with Gasteiger partial charge in [0, 0.05) is 23.4 Å². The van der Waals surface area contributed by atoms with Crippen molar-refractivity contribution in [2.24, 2.45) is 0 Å². The highest BCUT2D eigenvalue weighted by molar-refractivity contribution is 6.37. The van der Waals surface area contributed by atoms with Crippen molar-refractivity contribution in [3.8, 4) is 11.5 Å². The molecule has 3 aromatic carbocycles. The molecule has 3 N–H and O–H groups in total. The normalized spacial score (nSPS) is 15.1. The molecule has 0 saturated carbocycles. The maximum absolute atomic E-state index is 13.3. The SMILES string of the molecule is CCNCc1ccc(NC(=C2C(=O)Nc3cc(C(=O)OC)ccc32)c2ccc3c(c2)OCCO3)cc1. The summed E-state index contributed by atoms with van der Waals surface area (Å²) in [4.78, 5) is 25.3. The zero-order chi connectivity index (χ0) is 25.1. The number of ether oxygens (including phenoxy) is 3. The predicted octanol–water partition coefficient (Wildman–Crippen LogP) is 4.29. The summed E-state index contributed by atoms with van der Waals surface area (Å²) in [5.74, 6) is 0.556. The van der Waals surface area contributed by atoms with E-state index in [9.17, 15) is 9.59 Å². The molecule has 8 heteroatoms. The summed E-state index contributed by atoms with van der Waals surface area (Å²) in [6.07, 6.45) is 0. The zero-order valence-corrected chi connectivity index (χ0v) is 20.1. The summed E-state index contributed by atoms with van der Waals surface area (Å²) in [5.41, 5.74) is 5.46. The molecular formula is C28H27N3O5. The highest BCUT2D eigenvalue weighted by Crippen LogP contribution is 2.40. The summed E-state index contributed by atoms with van der Waals surface area (Å²) in [7, 11) is 1.33. The molecule has 2 aliphatic heterocycles. The van der Waals surface area contributed by atoms with E-state index in [4.69, 9.17) is 14.2 Å². The Kier molecular flexibility index (Phi) is 6.60. The number of fused-ring (bicyclic) bond motifs is 2. The van der Waals surface area contributed by atoms with Crippen molar-refractivity contribution in [1.29, 1.82) is 0 Å². The van der Waals surface area contributed by atoms with Crippen LogP contribution in [0, 0.1) is 0 Å². The average molecular weight is 486 g/mol. The Morgan fingerprint density at radius 2 is 1.72 bits per heavy atom. The van der Waals surface area contributed by atoms with Crippen molar-refractivity contribution in [3.63, 3.8) is 0 Å². The van der Waals surface area contributed by atoms with Gasteiger partial charge in [0.1, 0.15) is 13.2 Å². The molecule has 0 atom stereocenters. The average Bonchev–Trinajstić information content (AvgIpc) is 3.25. The lowest BCUT2D eigenvalue weighted by molar-refractivity contribution is -0.110. The minimum atomic E-state index is -0.465. The van der Waals surface area contributed by atoms with Crippen molar-refractivity contribution >= 4 is 34.5 Å². The van der Waals surface area contributed by atoms with Crippen LogP contribution in [0.15, 0.2) is 60.7 Å². The number of amides is 1. The Bertz CT molecular complexity index is 1350. The third-order valence-corrected chi connectivity index (χ3v) is 6.07. The Labute approximate surface area is 209 Å². The number of rotatable bonds is 7. The Balaban J connectivity index is 1.59. The van der Waals surface area contributed by atoms with Gasteiger partial charge in [-0.05, 0) is 54.6 Å². The first-order chi connectivity index (χ1) is 17.6. The monoisotopic (exact) mass is 485 g/mol. The summed E-state index contributed by atoms with van der Waals surface area (Å²) < 4.78 is 16.3. The highest BCUT2D eigenvalue weighted by atomic mass is 16.6. The third kappa shape index (κ3) is 4.63. The van der Waals surface area contributed by atoms with E-state index < -0.39 is 5.97 Å². The van der Waals surface area contributed by atoms with Crippen molar-refractivity contribution in [1.82, 2.24) is 5.32 Å². The van der Waals surface area contributed by atoms with Gasteiger partial charge in [0.05, 0.1) is 29.6 Å². The van der Waals surface area contributed by atoms with Gasteiger partial charge in [-0.2, -0.15) is 0 Å². The van der Waals surface area contributed by atoms with Crippen LogP contribution >= 0.6 is 0 Å². The highest BCUT2D eigenvalue weighted by Gasteiger charge is 2.30. The van der Waals surface area contributed by atoms with Crippen LogP contribution in [0.1, 0.15) is 34.0 Å². The van der Waals surface area contributed by atoms with Crippen molar-refractivity contribution in [3.05, 3.63) is 82.9 Å². The molecule has 0 aromatic heterocycles. The van der Waals surface area contributed by atoms with Gasteiger partial charge in [0.2, 0.25) is 0 Å². The molecule has 2 heterocycles. The molecule has 5 rings (SSSR count). The Morgan fingerprint density at radius 1 is 0.972 bits per heavy atom. The van der Waals surface area contributed by atoms with E-state index in [1.54, 1.807) is 18.2 Å². The van der Waals surface area contributed by atoms with Crippen LogP contribution < -0.4 is 25.4 Å². The lowest BCUT2D eigenvalue weighted by Gasteiger charge is -2.21. The van der Waals surface area contributed by atoms with E-state index in [-0.39, 0.29) is 5.91 Å². The first kappa shape index (κ1) is 23.4. The van der Waals surface area contributed by atoms with Gasteiger partial charge in [0.25, 0.3) is 5.91 Å². The molecule has 0 bridgehead atoms. The van der Waals surface area contributed by atoms with E-state index >= 15 is 0 Å². The molecular weight excluding hydrogens is 458 g/mol. The minimum Gasteiger partial charge on any atom is -0.486 e. The lowest BCUT2D eigenvalue weighted by Crippen LogP contribution is -2.16. The van der Waals surface area contributed by atoms with E-state index in [0.29, 0.717) is 52.8 Å². The van der Waals surface area contributed by atoms with Crippen molar-refractivity contribution in [2.45, 2.75) is 13.5 Å². The molecule has 0 unspecified atom stereocenters. The predicted molar refractivity (Wildman–Crippen MR) is 138 cm³/mol. The molecule has 0 fully saturated rings. The molecule has 3 aromatic rings. The van der Waals surface area contributed by atoms with Crippen LogP contribution in [0.25, 0.3) is 11.3 Å². The molecule has 0 saturated heterocycles. The standard InChI is InChI=1S/C28H27N3O5/c1-3-29-16-17-4-8-20(9-5-17)30-26(18-7-11-23-24(15-18)36-13-12-35-23)25-21-10-6-19(28(33)34-2)14-22(21)31-27(25)32/h4-11,14-15,29-30H,3,12-13,16H2,1-2H3,(H,31,32). The maximum atomic E-state index is 13.3. The molecule has 1 amide bonds. The van der Waals surface area contributed by atoms with Crippen LogP contribution in [0.2, 0.25) is 0 Å². The molecule has 0 spiro atoms. The molecule has 0 radical (unpaired) electrons. The van der Waals surface area contributed by atoms with E-state index in [1.165, 1.54) is 7.11 Å². The van der Waals surface area contributed by atoms with Crippen LogP contribution in [-0.4, -0.2) is 38.7 Å². The summed E-state index contributed by atoms with van der Waals surface area (Å²) in [5, 5.41) is 9.66. The molecule has 184 valence electrons. The first-order valence-electron chi connectivity index (χ1n) is 11.8. The molecule has 8 nitrogen and oxygen atoms in total. The van der Waals surface area contributed by atoms with Crippen LogP contribution in [-0.2, 0) is 16.1 Å². The number of nitrogens with one attached hydrogen (secondary N) is 3. The van der Waals surface area contributed by atoms with Crippen LogP contribution in [0.3, 0.4) is 0 Å². The lowest BCUT2D eigenvalue weighted by atomic mass is 9.98. The second kappa shape index (κ2) is 10.1. The van der Waals surface area contributed by atoms with Gasteiger partial charge in [-0.15, -0.1) is 0 Å². The topological polar surface area (TPSA) is 97.9 Å². The molecule has 2 aliphatic rings. The summed E-state index contributed by atoms with van der Waals surface area (Å²) in [6, 6.07) is 18.7. The smallest absolute Gasteiger partial charge is 0.337 e. The second-order valence-corrected chi connectivity index (χ2v) is 8.42. The fourth-order valence-electron chi connectivity index (χ4n) is 4.26. The summed E-state index contributed by atoms with van der Waals surface area (Å²) in [6.45, 7) is 4.71. The van der Waals surface area contributed by atoms with Gasteiger partial charge in [-0.25, -0.2) is 4.79 Å². The van der Waals surface area contributed by atoms with Gasteiger partial charge in [-0.1, -0.05) is 25.1 Å². The fraction of sp³-hybridized carbons (Fsp3) is 0.214. The van der Waals surface area contributed by atoms with Crippen molar-refractivity contribution < 1.29 is 23.8 Å². The van der Waals surface area contributed by atoms with Crippen LogP contribution in [0.4, 0.5) is 11.4 Å². The number of esters is 1. The number of carbonyl (C=O) groups is 2. The van der Waals surface area contributed by atoms with Gasteiger partial charge in [-0.3, -0.25) is 4.79 Å². The van der Waals surface area contributed by atoms with E-state index in [0.717, 1.165) is 29.9 Å². The molecule has 0 aliphatic carbocycles. The van der Waals surface area contributed by atoms with E-state index in [1.807, 2.05) is 42.5 Å². The quantitative estimate of drug-likeness (QED) is 0.339. The van der Waals surface area contributed by atoms with Gasteiger partial charge < -0.3 is 30.2 Å². The zero-order valence-electron chi connectivity index (χ0n) is 20.1. The third-order valence-electron chi connectivity index (χ3n) is 6.07. The summed E-state index contributed by atoms with van der Waals surface area (Å²) >= 11 is 0. The van der Waals surface area contributed by atoms with Gasteiger partial charge in [0.15, 0.2) is 11.5 Å².